The molecule has 1 aliphatic rings. The van der Waals surface area contributed by atoms with Crippen molar-refractivity contribution in [2.75, 3.05) is 6.61 Å². The van der Waals surface area contributed by atoms with Crippen molar-refractivity contribution < 1.29 is 4.74 Å². The molecule has 0 spiro atoms. The van der Waals surface area contributed by atoms with Crippen LogP contribution in [0.25, 0.3) is 0 Å². The Balaban J connectivity index is 2.39. The van der Waals surface area contributed by atoms with Crippen LogP contribution in [0, 0.1) is 4.77 Å². The van der Waals surface area contributed by atoms with Gasteiger partial charge in [-0.25, -0.2) is 4.98 Å². The van der Waals surface area contributed by atoms with Gasteiger partial charge in [0.05, 0.1) is 0 Å². The minimum Gasteiger partial charge on any atom is -0.367 e. The Bertz CT molecular complexity index is 362. The molecule has 0 amide bonds. The van der Waals surface area contributed by atoms with Gasteiger partial charge in [-0.15, -0.1) is 0 Å². The predicted molar refractivity (Wildman–Crippen MR) is 50.9 cm³/mol. The molecular weight excluding hydrogens is 186 g/mol. The third-order valence-corrected chi connectivity index (χ3v) is 2.85. The van der Waals surface area contributed by atoms with Crippen molar-refractivity contribution in [3.63, 3.8) is 0 Å². The Morgan fingerprint density at radius 3 is 2.92 bits per heavy atom. The van der Waals surface area contributed by atoms with Gasteiger partial charge in [0.15, 0.2) is 5.82 Å². The molecule has 1 aliphatic heterocycles. The van der Waals surface area contributed by atoms with Crippen LogP contribution in [-0.2, 0) is 17.4 Å². The summed E-state index contributed by atoms with van der Waals surface area (Å²) in [5.41, 5.74) is -0.255. The molecule has 0 radical (unpaired) electrons. The molecule has 1 fully saturated rings. The fourth-order valence-electron chi connectivity index (χ4n) is 1.60. The SMILES string of the molecule is Cn1[nH]c(C2(C)CCCO2)nc1=S. The lowest BCUT2D eigenvalue weighted by molar-refractivity contribution is 0.00930. The Labute approximate surface area is 81.9 Å². The molecule has 2 rings (SSSR count). The van der Waals surface area contributed by atoms with Crippen molar-refractivity contribution in [1.82, 2.24) is 14.8 Å². The number of aryl methyl sites for hydroxylation is 1. The van der Waals surface area contributed by atoms with Crippen molar-refractivity contribution in [3.8, 4) is 0 Å². The molecule has 1 saturated heterocycles. The van der Waals surface area contributed by atoms with E-state index in [1.165, 1.54) is 0 Å². The molecular formula is C8H13N3OS. The Morgan fingerprint density at radius 2 is 2.46 bits per heavy atom. The number of nitrogens with one attached hydrogen (secondary N) is 1. The predicted octanol–water partition coefficient (Wildman–Crippen LogP) is 1.50. The zero-order valence-electron chi connectivity index (χ0n) is 7.83. The summed E-state index contributed by atoms with van der Waals surface area (Å²) in [6, 6.07) is 0. The summed E-state index contributed by atoms with van der Waals surface area (Å²) in [5, 5.41) is 3.10. The van der Waals surface area contributed by atoms with E-state index in [4.69, 9.17) is 17.0 Å². The van der Waals surface area contributed by atoms with Gasteiger partial charge in [-0.1, -0.05) is 0 Å². The molecule has 0 saturated carbocycles. The zero-order valence-corrected chi connectivity index (χ0v) is 8.65. The molecule has 4 nitrogen and oxygen atoms in total. The molecule has 1 unspecified atom stereocenters. The normalized spacial score (nSPS) is 28.2. The first-order valence-corrected chi connectivity index (χ1v) is 4.80. The highest BCUT2D eigenvalue weighted by atomic mass is 32.1. The van der Waals surface area contributed by atoms with Crippen molar-refractivity contribution in [1.29, 1.82) is 0 Å². The number of nitrogens with zero attached hydrogens (tertiary/aromatic N) is 2. The first-order chi connectivity index (χ1) is 6.12. The number of rotatable bonds is 1. The van der Waals surface area contributed by atoms with Crippen LogP contribution in [0.4, 0.5) is 0 Å². The van der Waals surface area contributed by atoms with Gasteiger partial charge in [0, 0.05) is 13.7 Å². The standard InChI is InChI=1S/C8H13N3OS/c1-8(4-3-5-12-8)6-9-7(13)11(2)10-6/h3-5H2,1-2H3,(H,9,10,13). The lowest BCUT2D eigenvalue weighted by Gasteiger charge is -2.19. The lowest BCUT2D eigenvalue weighted by atomic mass is 10.0. The first-order valence-electron chi connectivity index (χ1n) is 4.39. The summed E-state index contributed by atoms with van der Waals surface area (Å²) in [6.07, 6.45) is 2.10. The average Bonchev–Trinajstić information content (AvgIpc) is 2.62. The van der Waals surface area contributed by atoms with Crippen molar-refractivity contribution in [2.45, 2.75) is 25.4 Å². The molecule has 0 aromatic carbocycles. The van der Waals surface area contributed by atoms with Gasteiger partial charge in [-0.3, -0.25) is 9.78 Å². The van der Waals surface area contributed by atoms with Crippen LogP contribution in [0.5, 0.6) is 0 Å². The topological polar surface area (TPSA) is 42.8 Å². The van der Waals surface area contributed by atoms with E-state index >= 15 is 0 Å². The number of hydrogen-bond donors (Lipinski definition) is 1. The highest BCUT2D eigenvalue weighted by molar-refractivity contribution is 7.71. The van der Waals surface area contributed by atoms with Crippen LogP contribution >= 0.6 is 12.2 Å². The lowest BCUT2D eigenvalue weighted by Crippen LogP contribution is -2.22. The number of hydrogen-bond acceptors (Lipinski definition) is 3. The highest BCUT2D eigenvalue weighted by Crippen LogP contribution is 2.32. The smallest absolute Gasteiger partial charge is 0.215 e. The minimum absolute atomic E-state index is 0.255. The van der Waals surface area contributed by atoms with E-state index in [0.29, 0.717) is 4.77 Å². The van der Waals surface area contributed by atoms with E-state index in [-0.39, 0.29) is 5.60 Å². The molecule has 1 aromatic heterocycles. The van der Waals surface area contributed by atoms with E-state index in [1.54, 1.807) is 4.68 Å². The van der Waals surface area contributed by atoms with Gasteiger partial charge < -0.3 is 4.74 Å². The van der Waals surface area contributed by atoms with Crippen LogP contribution in [0.15, 0.2) is 0 Å². The Hall–Kier alpha value is -0.680. The maximum atomic E-state index is 5.64. The number of aromatic nitrogens is 3. The maximum absolute atomic E-state index is 5.64. The van der Waals surface area contributed by atoms with Gasteiger partial charge in [0.25, 0.3) is 0 Å². The summed E-state index contributed by atoms with van der Waals surface area (Å²) in [6.45, 7) is 2.86. The summed E-state index contributed by atoms with van der Waals surface area (Å²) in [7, 11) is 1.86. The van der Waals surface area contributed by atoms with Gasteiger partial charge >= 0.3 is 0 Å². The average molecular weight is 199 g/mol. The number of ether oxygens (including phenoxy) is 1. The fraction of sp³-hybridized carbons (Fsp3) is 0.750. The van der Waals surface area contributed by atoms with E-state index in [0.717, 1.165) is 25.3 Å². The van der Waals surface area contributed by atoms with E-state index < -0.39 is 0 Å². The van der Waals surface area contributed by atoms with Crippen LogP contribution in [0.3, 0.4) is 0 Å². The Morgan fingerprint density at radius 1 is 1.69 bits per heavy atom. The second kappa shape index (κ2) is 2.92. The van der Waals surface area contributed by atoms with Crippen LogP contribution in [0.2, 0.25) is 0 Å². The molecule has 72 valence electrons. The Kier molecular flexibility index (Phi) is 2.00. The van der Waals surface area contributed by atoms with E-state index in [9.17, 15) is 0 Å². The highest BCUT2D eigenvalue weighted by Gasteiger charge is 2.34. The molecule has 13 heavy (non-hydrogen) atoms. The van der Waals surface area contributed by atoms with Crippen molar-refractivity contribution >= 4 is 12.2 Å². The second-order valence-electron chi connectivity index (χ2n) is 3.60. The molecule has 2 heterocycles. The van der Waals surface area contributed by atoms with E-state index in [1.807, 2.05) is 14.0 Å². The monoisotopic (exact) mass is 199 g/mol. The van der Waals surface area contributed by atoms with Gasteiger partial charge in [0.1, 0.15) is 5.60 Å². The van der Waals surface area contributed by atoms with Gasteiger partial charge in [0.2, 0.25) is 4.77 Å². The number of aromatic amines is 1. The van der Waals surface area contributed by atoms with Crippen molar-refractivity contribution in [3.05, 3.63) is 10.6 Å². The summed E-state index contributed by atoms with van der Waals surface area (Å²) in [5.74, 6) is 0.845. The molecule has 0 aliphatic carbocycles. The minimum atomic E-state index is -0.255. The van der Waals surface area contributed by atoms with Crippen molar-refractivity contribution in [2.24, 2.45) is 7.05 Å². The molecule has 1 N–H and O–H groups in total. The third-order valence-electron chi connectivity index (χ3n) is 2.49. The fourth-order valence-corrected chi connectivity index (χ4v) is 1.74. The van der Waals surface area contributed by atoms with Gasteiger partial charge in [-0.2, -0.15) is 0 Å². The third kappa shape index (κ3) is 1.42. The van der Waals surface area contributed by atoms with E-state index in [2.05, 4.69) is 10.1 Å². The molecule has 1 aromatic rings. The quantitative estimate of drug-likeness (QED) is 0.697. The summed E-state index contributed by atoms with van der Waals surface area (Å²) >= 11 is 5.02. The molecule has 5 heteroatoms. The maximum Gasteiger partial charge on any atom is 0.215 e. The largest absolute Gasteiger partial charge is 0.367 e. The molecule has 0 bridgehead atoms. The van der Waals surface area contributed by atoms with Gasteiger partial charge in [-0.05, 0) is 32.0 Å². The number of H-pyrrole nitrogens is 1. The zero-order chi connectivity index (χ0) is 9.47. The summed E-state index contributed by atoms with van der Waals surface area (Å²) < 4.78 is 7.95. The van der Waals surface area contributed by atoms with Crippen LogP contribution < -0.4 is 0 Å². The van der Waals surface area contributed by atoms with Crippen LogP contribution in [0.1, 0.15) is 25.6 Å². The summed E-state index contributed by atoms with van der Waals surface area (Å²) in [4.78, 5) is 4.26. The molecule has 1 atom stereocenters. The first kappa shape index (κ1) is 8.90. The van der Waals surface area contributed by atoms with Crippen LogP contribution in [-0.4, -0.2) is 21.4 Å². The second-order valence-corrected chi connectivity index (χ2v) is 3.96.